The summed E-state index contributed by atoms with van der Waals surface area (Å²) >= 11 is 3.54. The van der Waals surface area contributed by atoms with E-state index in [4.69, 9.17) is 4.74 Å². The van der Waals surface area contributed by atoms with Crippen LogP contribution in [0, 0.1) is 0 Å². The molecule has 0 spiro atoms. The van der Waals surface area contributed by atoms with Crippen LogP contribution in [0.3, 0.4) is 0 Å². The molecule has 0 fully saturated rings. The number of imidazole rings is 1. The molecule has 0 radical (unpaired) electrons. The first-order valence-corrected chi connectivity index (χ1v) is 7.39. The first kappa shape index (κ1) is 13.9. The first-order chi connectivity index (χ1) is 10.1. The average Bonchev–Trinajstić information content (AvgIpc) is 2.84. The van der Waals surface area contributed by atoms with Crippen LogP contribution in [0.5, 0.6) is 5.75 Å². The van der Waals surface area contributed by atoms with Crippen LogP contribution in [-0.2, 0) is 0 Å². The van der Waals surface area contributed by atoms with Crippen molar-refractivity contribution in [2.24, 2.45) is 0 Å². The fourth-order valence-corrected chi connectivity index (χ4v) is 2.76. The number of nitrogens with zero attached hydrogens (tertiary/aromatic N) is 3. The van der Waals surface area contributed by atoms with E-state index in [-0.39, 0.29) is 0 Å². The predicted octanol–water partition coefficient (Wildman–Crippen LogP) is 3.84. The summed E-state index contributed by atoms with van der Waals surface area (Å²) in [6, 6.07) is 12.1. The Morgan fingerprint density at radius 3 is 2.71 bits per heavy atom. The first-order valence-electron chi connectivity index (χ1n) is 6.59. The summed E-state index contributed by atoms with van der Waals surface area (Å²) in [6.07, 6.45) is 2.09. The summed E-state index contributed by atoms with van der Waals surface area (Å²) < 4.78 is 8.23. The van der Waals surface area contributed by atoms with Gasteiger partial charge in [0.05, 0.1) is 18.3 Å². The monoisotopic (exact) mass is 345 g/mol. The van der Waals surface area contributed by atoms with E-state index in [0.29, 0.717) is 0 Å². The molecule has 1 aromatic carbocycles. The maximum absolute atomic E-state index is 5.30. The Balaban J connectivity index is 2.23. The van der Waals surface area contributed by atoms with Gasteiger partial charge in [-0.1, -0.05) is 12.1 Å². The summed E-state index contributed by atoms with van der Waals surface area (Å²) in [6.45, 7) is 0. The van der Waals surface area contributed by atoms with Crippen LogP contribution in [-0.4, -0.2) is 30.6 Å². The molecule has 0 amide bonds. The van der Waals surface area contributed by atoms with Gasteiger partial charge in [-0.3, -0.25) is 4.40 Å². The standard InChI is InChI=1S/C16H16BrN3O/c1-19(2)12-7-8-14-15(17)18-16(20(14)10-12)11-5-4-6-13(9-11)21-3/h4-10H,1-3H3. The molecule has 0 unspecified atom stereocenters. The van der Waals surface area contributed by atoms with Gasteiger partial charge in [0.1, 0.15) is 16.2 Å². The number of halogens is 1. The van der Waals surface area contributed by atoms with E-state index in [1.54, 1.807) is 7.11 Å². The van der Waals surface area contributed by atoms with Gasteiger partial charge in [-0.05, 0) is 40.2 Å². The minimum absolute atomic E-state index is 0.823. The second-order valence-electron chi connectivity index (χ2n) is 5.00. The Hall–Kier alpha value is -2.01. The van der Waals surface area contributed by atoms with Crippen molar-refractivity contribution < 1.29 is 4.74 Å². The second-order valence-corrected chi connectivity index (χ2v) is 5.75. The van der Waals surface area contributed by atoms with E-state index >= 15 is 0 Å². The molecule has 0 atom stereocenters. The molecule has 0 aliphatic rings. The fourth-order valence-electron chi connectivity index (χ4n) is 2.27. The van der Waals surface area contributed by atoms with Crippen LogP contribution in [0.15, 0.2) is 47.2 Å². The average molecular weight is 346 g/mol. The molecular formula is C16H16BrN3O. The van der Waals surface area contributed by atoms with Gasteiger partial charge in [0.25, 0.3) is 0 Å². The van der Waals surface area contributed by atoms with Crippen molar-refractivity contribution >= 4 is 27.1 Å². The SMILES string of the molecule is COc1cccc(-c2nc(Br)c3ccc(N(C)C)cn23)c1. The maximum atomic E-state index is 5.30. The van der Waals surface area contributed by atoms with Gasteiger partial charge in [0.15, 0.2) is 0 Å². The molecular weight excluding hydrogens is 330 g/mol. The Bertz CT molecular complexity index is 795. The van der Waals surface area contributed by atoms with Crippen LogP contribution in [0.2, 0.25) is 0 Å². The molecule has 108 valence electrons. The lowest BCUT2D eigenvalue weighted by atomic mass is 10.2. The van der Waals surface area contributed by atoms with E-state index in [2.05, 4.69) is 48.5 Å². The molecule has 0 saturated heterocycles. The fraction of sp³-hybridized carbons (Fsp3) is 0.188. The molecule has 3 aromatic rings. The van der Waals surface area contributed by atoms with E-state index in [9.17, 15) is 0 Å². The summed E-state index contributed by atoms with van der Waals surface area (Å²) in [5.41, 5.74) is 3.18. The number of hydrogen-bond donors (Lipinski definition) is 0. The summed E-state index contributed by atoms with van der Waals surface area (Å²) in [5, 5.41) is 0. The summed E-state index contributed by atoms with van der Waals surface area (Å²) in [4.78, 5) is 6.71. The zero-order chi connectivity index (χ0) is 15.0. The molecule has 4 nitrogen and oxygen atoms in total. The molecule has 3 rings (SSSR count). The number of fused-ring (bicyclic) bond motifs is 1. The van der Waals surface area contributed by atoms with Crippen molar-refractivity contribution in [2.45, 2.75) is 0 Å². The number of rotatable bonds is 3. The number of methoxy groups -OCH3 is 1. The van der Waals surface area contributed by atoms with Gasteiger partial charge in [-0.15, -0.1) is 0 Å². The minimum Gasteiger partial charge on any atom is -0.497 e. The highest BCUT2D eigenvalue weighted by molar-refractivity contribution is 9.10. The second kappa shape index (κ2) is 5.41. The van der Waals surface area contributed by atoms with Crippen LogP contribution in [0.4, 0.5) is 5.69 Å². The molecule has 2 aromatic heterocycles. The summed E-state index contributed by atoms with van der Waals surface area (Å²) in [5.74, 6) is 1.71. The number of benzene rings is 1. The molecule has 0 aliphatic heterocycles. The highest BCUT2D eigenvalue weighted by Gasteiger charge is 2.12. The molecule has 0 bridgehead atoms. The van der Waals surface area contributed by atoms with Crippen molar-refractivity contribution in [1.82, 2.24) is 9.38 Å². The lowest BCUT2D eigenvalue weighted by molar-refractivity contribution is 0.415. The van der Waals surface area contributed by atoms with E-state index < -0.39 is 0 Å². The van der Waals surface area contributed by atoms with Crippen LogP contribution in [0.25, 0.3) is 16.9 Å². The van der Waals surface area contributed by atoms with Crippen LogP contribution in [0.1, 0.15) is 0 Å². The molecule has 0 N–H and O–H groups in total. The topological polar surface area (TPSA) is 29.8 Å². The molecule has 5 heteroatoms. The highest BCUT2D eigenvalue weighted by Crippen LogP contribution is 2.29. The summed E-state index contributed by atoms with van der Waals surface area (Å²) in [7, 11) is 5.72. The Morgan fingerprint density at radius 2 is 2.00 bits per heavy atom. The van der Waals surface area contributed by atoms with Crippen molar-refractivity contribution in [3.05, 3.63) is 47.2 Å². The molecule has 0 aliphatic carbocycles. The third-order valence-electron chi connectivity index (χ3n) is 3.42. The van der Waals surface area contributed by atoms with Gasteiger partial charge < -0.3 is 9.64 Å². The number of pyridine rings is 1. The Labute approximate surface area is 132 Å². The lowest BCUT2D eigenvalue weighted by Crippen LogP contribution is -2.09. The number of hydrogen-bond acceptors (Lipinski definition) is 3. The number of ether oxygens (including phenoxy) is 1. The molecule has 2 heterocycles. The van der Waals surface area contributed by atoms with Crippen LogP contribution >= 0.6 is 15.9 Å². The largest absolute Gasteiger partial charge is 0.497 e. The highest BCUT2D eigenvalue weighted by atomic mass is 79.9. The van der Waals surface area contributed by atoms with E-state index in [1.807, 2.05) is 38.4 Å². The van der Waals surface area contributed by atoms with Gasteiger partial charge in [-0.2, -0.15) is 0 Å². The smallest absolute Gasteiger partial charge is 0.146 e. The van der Waals surface area contributed by atoms with Gasteiger partial charge >= 0.3 is 0 Å². The van der Waals surface area contributed by atoms with E-state index in [0.717, 1.165) is 32.9 Å². The zero-order valence-corrected chi connectivity index (χ0v) is 13.8. The van der Waals surface area contributed by atoms with Crippen molar-refractivity contribution in [3.8, 4) is 17.1 Å². The molecule has 0 saturated carbocycles. The molecule has 21 heavy (non-hydrogen) atoms. The minimum atomic E-state index is 0.823. The predicted molar refractivity (Wildman–Crippen MR) is 89.2 cm³/mol. The Kier molecular flexibility index (Phi) is 3.59. The number of anilines is 1. The lowest BCUT2D eigenvalue weighted by Gasteiger charge is -2.13. The van der Waals surface area contributed by atoms with Crippen molar-refractivity contribution in [2.75, 3.05) is 26.1 Å². The Morgan fingerprint density at radius 1 is 1.19 bits per heavy atom. The maximum Gasteiger partial charge on any atom is 0.146 e. The van der Waals surface area contributed by atoms with Crippen molar-refractivity contribution in [1.29, 1.82) is 0 Å². The van der Waals surface area contributed by atoms with Gasteiger partial charge in [-0.25, -0.2) is 4.98 Å². The zero-order valence-electron chi connectivity index (χ0n) is 12.2. The van der Waals surface area contributed by atoms with E-state index in [1.165, 1.54) is 0 Å². The van der Waals surface area contributed by atoms with Gasteiger partial charge in [0, 0.05) is 25.9 Å². The number of aromatic nitrogens is 2. The van der Waals surface area contributed by atoms with Gasteiger partial charge in [0.2, 0.25) is 0 Å². The quantitative estimate of drug-likeness (QED) is 0.722. The van der Waals surface area contributed by atoms with Crippen LogP contribution < -0.4 is 9.64 Å². The third kappa shape index (κ3) is 2.49. The third-order valence-corrected chi connectivity index (χ3v) is 4.00. The normalized spacial score (nSPS) is 10.9. The van der Waals surface area contributed by atoms with Crippen molar-refractivity contribution in [3.63, 3.8) is 0 Å².